The topological polar surface area (TPSA) is 106 Å². The van der Waals surface area contributed by atoms with Crippen LogP contribution in [0.4, 0.5) is 0 Å². The van der Waals surface area contributed by atoms with Crippen molar-refractivity contribution in [3.63, 3.8) is 0 Å². The van der Waals surface area contributed by atoms with E-state index in [1.54, 1.807) is 0 Å². The van der Waals surface area contributed by atoms with E-state index in [2.05, 4.69) is 9.82 Å². The number of carboxylic acids is 1. The minimum Gasteiger partial charge on any atom is -0.476 e. The molecular weight excluding hydrogens is 368 g/mol. The lowest BCUT2D eigenvalue weighted by Gasteiger charge is -2.16. The molecule has 0 fully saturated rings. The zero-order chi connectivity index (χ0) is 19.8. The summed E-state index contributed by atoms with van der Waals surface area (Å²) in [4.78, 5) is 11.1. The van der Waals surface area contributed by atoms with Crippen molar-refractivity contribution in [2.24, 2.45) is 14.1 Å². The second-order valence-electron chi connectivity index (χ2n) is 6.50. The Bertz CT molecular complexity index is 1100. The molecule has 8 nitrogen and oxygen atoms in total. The molecule has 1 aromatic carbocycles. The highest BCUT2D eigenvalue weighted by molar-refractivity contribution is 7.89. The Kier molecular flexibility index (Phi) is 5.07. The molecule has 0 amide bonds. The number of aromatic carboxylic acids is 1. The fraction of sp³-hybridized carbons (Fsp3) is 0.333. The maximum Gasteiger partial charge on any atom is 0.355 e. The first-order chi connectivity index (χ1) is 12.7. The van der Waals surface area contributed by atoms with Crippen molar-refractivity contribution in [3.8, 4) is 0 Å². The van der Waals surface area contributed by atoms with Crippen LogP contribution in [0.5, 0.6) is 0 Å². The lowest BCUT2D eigenvalue weighted by Crippen LogP contribution is -2.36. The lowest BCUT2D eigenvalue weighted by atomic mass is 10.0. The van der Waals surface area contributed by atoms with E-state index in [0.29, 0.717) is 12.8 Å². The molecule has 2 N–H and O–H groups in total. The number of aromatic nitrogens is 3. The van der Waals surface area contributed by atoms with Gasteiger partial charge in [-0.3, -0.25) is 4.68 Å². The second-order valence-corrected chi connectivity index (χ2v) is 8.18. The van der Waals surface area contributed by atoms with Crippen LogP contribution < -0.4 is 4.72 Å². The summed E-state index contributed by atoms with van der Waals surface area (Å²) in [5, 5.41) is 14.1. The van der Waals surface area contributed by atoms with E-state index in [1.807, 2.05) is 49.0 Å². The molecular formula is C18H22N4O4S. The Morgan fingerprint density at radius 1 is 1.30 bits per heavy atom. The molecule has 3 aromatic rings. The number of hydrogen-bond acceptors (Lipinski definition) is 4. The van der Waals surface area contributed by atoms with Crippen LogP contribution in [-0.4, -0.2) is 39.9 Å². The van der Waals surface area contributed by atoms with Gasteiger partial charge < -0.3 is 9.67 Å². The summed E-state index contributed by atoms with van der Waals surface area (Å²) in [7, 11) is -0.665. The summed E-state index contributed by atoms with van der Waals surface area (Å²) in [5.41, 5.74) is 1.75. The number of sulfonamides is 1. The van der Waals surface area contributed by atoms with E-state index >= 15 is 0 Å². The number of aryl methyl sites for hydroxylation is 2. The molecule has 0 radical (unpaired) electrons. The van der Waals surface area contributed by atoms with Gasteiger partial charge >= 0.3 is 5.97 Å². The molecule has 9 heteroatoms. The van der Waals surface area contributed by atoms with Crippen LogP contribution in [0.3, 0.4) is 0 Å². The molecule has 2 aromatic heterocycles. The molecule has 27 heavy (non-hydrogen) atoms. The summed E-state index contributed by atoms with van der Waals surface area (Å²) < 4.78 is 31.2. The fourth-order valence-electron chi connectivity index (χ4n) is 3.26. The number of benzene rings is 1. The van der Waals surface area contributed by atoms with Crippen molar-refractivity contribution in [2.75, 3.05) is 0 Å². The van der Waals surface area contributed by atoms with Crippen molar-refractivity contribution in [1.29, 1.82) is 0 Å². The zero-order valence-corrected chi connectivity index (χ0v) is 16.2. The largest absolute Gasteiger partial charge is 0.476 e. The van der Waals surface area contributed by atoms with E-state index in [-0.39, 0.29) is 16.6 Å². The number of fused-ring (bicyclic) bond motifs is 1. The van der Waals surface area contributed by atoms with Gasteiger partial charge in [-0.15, -0.1) is 0 Å². The van der Waals surface area contributed by atoms with Crippen LogP contribution in [0, 0.1) is 0 Å². The molecule has 0 aliphatic heterocycles. The molecule has 0 aliphatic rings. The minimum absolute atomic E-state index is 0.325. The minimum atomic E-state index is -4.01. The molecule has 3 rings (SSSR count). The molecule has 0 bridgehead atoms. The number of carbonyl (C=O) groups is 1. The number of carboxylic acid groups (broad SMARTS) is 1. The van der Waals surface area contributed by atoms with Gasteiger partial charge in [0.1, 0.15) is 4.90 Å². The summed E-state index contributed by atoms with van der Waals surface area (Å²) in [6.45, 7) is 1.89. The first kappa shape index (κ1) is 19.1. The Morgan fingerprint density at radius 2 is 2.00 bits per heavy atom. The molecule has 0 spiro atoms. The van der Waals surface area contributed by atoms with Crippen LogP contribution in [0.2, 0.25) is 0 Å². The van der Waals surface area contributed by atoms with E-state index in [0.717, 1.165) is 27.3 Å². The number of rotatable bonds is 7. The quantitative estimate of drug-likeness (QED) is 0.641. The maximum atomic E-state index is 12.8. The summed E-state index contributed by atoms with van der Waals surface area (Å²) in [6.07, 6.45) is 4.12. The first-order valence-corrected chi connectivity index (χ1v) is 10.0. The van der Waals surface area contributed by atoms with Crippen LogP contribution >= 0.6 is 0 Å². The SMILES string of the molecule is CCC(Cc1cn(C)c2ccccc12)NS(=O)(=O)c1cnn(C)c1C(=O)O. The number of hydrogen-bond donors (Lipinski definition) is 2. The van der Waals surface area contributed by atoms with Crippen molar-refractivity contribution in [3.05, 3.63) is 47.9 Å². The molecule has 0 saturated carbocycles. The standard InChI is InChI=1S/C18H22N4O4S/c1-4-13(9-12-11-21(2)15-8-6-5-7-14(12)15)20-27(25,26)16-10-19-22(3)17(16)18(23)24/h5-8,10-11,13,20H,4,9H2,1-3H3,(H,23,24). The third-order valence-electron chi connectivity index (χ3n) is 4.66. The predicted octanol–water partition coefficient (Wildman–Crippen LogP) is 1.91. The maximum absolute atomic E-state index is 12.8. The van der Waals surface area contributed by atoms with Crippen molar-refractivity contribution in [2.45, 2.75) is 30.7 Å². The van der Waals surface area contributed by atoms with Crippen LogP contribution in [0.1, 0.15) is 29.4 Å². The Hall–Kier alpha value is -2.65. The third kappa shape index (κ3) is 3.60. The Labute approximate surface area is 157 Å². The van der Waals surface area contributed by atoms with Crippen LogP contribution in [0.15, 0.2) is 41.6 Å². The number of nitrogens with zero attached hydrogens (tertiary/aromatic N) is 3. The van der Waals surface area contributed by atoms with Gasteiger partial charge in [-0.25, -0.2) is 17.9 Å². The van der Waals surface area contributed by atoms with E-state index in [9.17, 15) is 18.3 Å². The van der Waals surface area contributed by atoms with E-state index in [1.165, 1.54) is 7.05 Å². The van der Waals surface area contributed by atoms with Gasteiger partial charge in [0.2, 0.25) is 10.0 Å². The third-order valence-corrected chi connectivity index (χ3v) is 6.18. The van der Waals surface area contributed by atoms with Gasteiger partial charge in [0.15, 0.2) is 5.69 Å². The van der Waals surface area contributed by atoms with Gasteiger partial charge in [0, 0.05) is 37.2 Å². The normalized spacial score (nSPS) is 13.1. The summed E-state index contributed by atoms with van der Waals surface area (Å²) >= 11 is 0. The van der Waals surface area contributed by atoms with Gasteiger partial charge in [0.25, 0.3) is 0 Å². The molecule has 0 aliphatic carbocycles. The smallest absolute Gasteiger partial charge is 0.355 e. The van der Waals surface area contributed by atoms with Gasteiger partial charge in [-0.1, -0.05) is 25.1 Å². The Balaban J connectivity index is 1.90. The lowest BCUT2D eigenvalue weighted by molar-refractivity contribution is 0.0680. The van der Waals surface area contributed by atoms with E-state index in [4.69, 9.17) is 0 Å². The van der Waals surface area contributed by atoms with Crippen LogP contribution in [0.25, 0.3) is 10.9 Å². The highest BCUT2D eigenvalue weighted by Crippen LogP contribution is 2.23. The number of nitrogens with one attached hydrogen (secondary N) is 1. The fourth-order valence-corrected chi connectivity index (χ4v) is 4.74. The molecule has 2 heterocycles. The number of para-hydroxylation sites is 1. The molecule has 144 valence electrons. The van der Waals surface area contributed by atoms with Gasteiger partial charge in [-0.05, 0) is 24.5 Å². The average molecular weight is 390 g/mol. The summed E-state index contributed by atoms with van der Waals surface area (Å²) in [5.74, 6) is -1.34. The highest BCUT2D eigenvalue weighted by atomic mass is 32.2. The monoisotopic (exact) mass is 390 g/mol. The van der Waals surface area contributed by atoms with E-state index < -0.39 is 16.0 Å². The second kappa shape index (κ2) is 7.16. The first-order valence-electron chi connectivity index (χ1n) is 8.55. The van der Waals surface area contributed by atoms with Crippen LogP contribution in [-0.2, 0) is 30.5 Å². The molecule has 1 unspecified atom stereocenters. The zero-order valence-electron chi connectivity index (χ0n) is 15.4. The van der Waals surface area contributed by atoms with Crippen molar-refractivity contribution in [1.82, 2.24) is 19.1 Å². The predicted molar refractivity (Wildman–Crippen MR) is 101 cm³/mol. The van der Waals surface area contributed by atoms with Gasteiger partial charge in [-0.2, -0.15) is 5.10 Å². The molecule has 1 atom stereocenters. The summed E-state index contributed by atoms with van der Waals surface area (Å²) in [6, 6.07) is 7.56. The van der Waals surface area contributed by atoms with Crippen molar-refractivity contribution >= 4 is 26.9 Å². The van der Waals surface area contributed by atoms with Gasteiger partial charge in [0.05, 0.1) is 6.20 Å². The van der Waals surface area contributed by atoms with Crippen molar-refractivity contribution < 1.29 is 18.3 Å². The Morgan fingerprint density at radius 3 is 2.67 bits per heavy atom. The highest BCUT2D eigenvalue weighted by Gasteiger charge is 2.28. The average Bonchev–Trinajstić information content (AvgIpc) is 3.16. The molecule has 0 saturated heterocycles.